The van der Waals surface area contributed by atoms with Gasteiger partial charge in [-0.1, -0.05) is 23.7 Å². The molecule has 154 valence electrons. The molecule has 0 unspecified atom stereocenters. The molecule has 0 radical (unpaired) electrons. The first-order chi connectivity index (χ1) is 14.1. The Bertz CT molecular complexity index is 868. The zero-order chi connectivity index (χ0) is 20.2. The van der Waals surface area contributed by atoms with Gasteiger partial charge in [0.05, 0.1) is 12.6 Å². The van der Waals surface area contributed by atoms with Crippen molar-refractivity contribution in [2.45, 2.75) is 13.0 Å². The number of anilines is 1. The topological polar surface area (TPSA) is 54.0 Å². The first kappa shape index (κ1) is 19.9. The van der Waals surface area contributed by atoms with E-state index in [1.54, 1.807) is 0 Å². The second-order valence-electron chi connectivity index (χ2n) is 7.44. The summed E-state index contributed by atoms with van der Waals surface area (Å²) in [7, 11) is 0. The molecular formula is C22H26ClN3O3. The summed E-state index contributed by atoms with van der Waals surface area (Å²) in [6, 6.07) is 13.6. The predicted molar refractivity (Wildman–Crippen MR) is 114 cm³/mol. The molecule has 2 heterocycles. The van der Waals surface area contributed by atoms with E-state index in [4.69, 9.17) is 21.1 Å². The lowest BCUT2D eigenvalue weighted by Crippen LogP contribution is -2.49. The smallest absolute Gasteiger partial charge is 0.234 e. The lowest BCUT2D eigenvalue weighted by atomic mass is 10.1. The number of carbonyl (C=O) groups is 1. The molecule has 0 saturated carbocycles. The van der Waals surface area contributed by atoms with Gasteiger partial charge < -0.3 is 19.7 Å². The number of hydrogen-bond acceptors (Lipinski definition) is 5. The van der Waals surface area contributed by atoms with E-state index in [0.29, 0.717) is 19.8 Å². The highest BCUT2D eigenvalue weighted by molar-refractivity contribution is 6.30. The third-order valence-electron chi connectivity index (χ3n) is 5.36. The minimum Gasteiger partial charge on any atom is -0.486 e. The van der Waals surface area contributed by atoms with Crippen molar-refractivity contribution in [2.75, 3.05) is 50.8 Å². The monoisotopic (exact) mass is 415 g/mol. The van der Waals surface area contributed by atoms with Crippen LogP contribution in [-0.2, 0) is 4.79 Å². The molecule has 1 fully saturated rings. The number of piperazine rings is 1. The number of ether oxygens (including phenoxy) is 2. The minimum atomic E-state index is -0.0916. The molecule has 7 heteroatoms. The van der Waals surface area contributed by atoms with E-state index >= 15 is 0 Å². The van der Waals surface area contributed by atoms with Gasteiger partial charge in [0.25, 0.3) is 0 Å². The van der Waals surface area contributed by atoms with Crippen LogP contribution in [0.5, 0.6) is 11.5 Å². The molecule has 0 spiro atoms. The highest BCUT2D eigenvalue weighted by atomic mass is 35.5. The standard InChI is InChI=1S/C22H26ClN3O3/c1-16(17-5-6-20-21(13-17)29-12-11-28-20)24-22(27)15-25-7-9-26(10-8-25)19-4-2-3-18(23)14-19/h2-6,13-14,16H,7-12,15H2,1H3,(H,24,27)/t16-/m0/s1. The van der Waals surface area contributed by atoms with E-state index in [-0.39, 0.29) is 11.9 Å². The molecule has 0 aromatic heterocycles. The molecule has 2 aliphatic heterocycles. The van der Waals surface area contributed by atoms with Crippen LogP contribution in [-0.4, -0.2) is 56.7 Å². The average molecular weight is 416 g/mol. The molecule has 6 nitrogen and oxygen atoms in total. The van der Waals surface area contributed by atoms with E-state index in [1.165, 1.54) is 0 Å². The van der Waals surface area contributed by atoms with Crippen LogP contribution in [0.25, 0.3) is 0 Å². The first-order valence-electron chi connectivity index (χ1n) is 10.0. The number of nitrogens with zero attached hydrogens (tertiary/aromatic N) is 2. The quantitative estimate of drug-likeness (QED) is 0.813. The molecule has 1 atom stereocenters. The fourth-order valence-corrected chi connectivity index (χ4v) is 3.92. The van der Waals surface area contributed by atoms with Gasteiger partial charge in [0.1, 0.15) is 13.2 Å². The largest absolute Gasteiger partial charge is 0.486 e. The van der Waals surface area contributed by atoms with Gasteiger partial charge in [-0.3, -0.25) is 9.69 Å². The van der Waals surface area contributed by atoms with E-state index in [2.05, 4.69) is 21.2 Å². The lowest BCUT2D eigenvalue weighted by molar-refractivity contribution is -0.123. The molecule has 0 bridgehead atoms. The number of fused-ring (bicyclic) bond motifs is 1. The van der Waals surface area contributed by atoms with E-state index < -0.39 is 0 Å². The maximum Gasteiger partial charge on any atom is 0.234 e. The lowest BCUT2D eigenvalue weighted by Gasteiger charge is -2.36. The molecule has 29 heavy (non-hydrogen) atoms. The van der Waals surface area contributed by atoms with Gasteiger partial charge in [0, 0.05) is 36.9 Å². The second-order valence-corrected chi connectivity index (χ2v) is 7.87. The number of rotatable bonds is 5. The summed E-state index contributed by atoms with van der Waals surface area (Å²) in [6.45, 7) is 6.97. The van der Waals surface area contributed by atoms with Crippen molar-refractivity contribution in [3.05, 3.63) is 53.1 Å². The van der Waals surface area contributed by atoms with Gasteiger partial charge in [-0.15, -0.1) is 0 Å². The maximum absolute atomic E-state index is 12.5. The molecule has 2 aromatic carbocycles. The van der Waals surface area contributed by atoms with E-state index in [9.17, 15) is 4.79 Å². The van der Waals surface area contributed by atoms with Gasteiger partial charge in [-0.25, -0.2) is 0 Å². The molecule has 1 saturated heterocycles. The number of benzene rings is 2. The van der Waals surface area contributed by atoms with Gasteiger partial charge >= 0.3 is 0 Å². The fraction of sp³-hybridized carbons (Fsp3) is 0.409. The van der Waals surface area contributed by atoms with Gasteiger partial charge in [-0.2, -0.15) is 0 Å². The van der Waals surface area contributed by atoms with Crippen molar-refractivity contribution in [1.82, 2.24) is 10.2 Å². The molecule has 2 aromatic rings. The van der Waals surface area contributed by atoms with Crippen LogP contribution in [0.2, 0.25) is 5.02 Å². The summed E-state index contributed by atoms with van der Waals surface area (Å²) in [6.07, 6.45) is 0. The van der Waals surface area contributed by atoms with Crippen LogP contribution in [0.15, 0.2) is 42.5 Å². The Morgan fingerprint density at radius 2 is 1.83 bits per heavy atom. The van der Waals surface area contributed by atoms with Crippen molar-refractivity contribution in [3.63, 3.8) is 0 Å². The molecule has 4 rings (SSSR count). The Morgan fingerprint density at radius 3 is 2.59 bits per heavy atom. The Hall–Kier alpha value is -2.44. The Balaban J connectivity index is 1.27. The summed E-state index contributed by atoms with van der Waals surface area (Å²) >= 11 is 6.09. The molecule has 2 aliphatic rings. The number of nitrogens with one attached hydrogen (secondary N) is 1. The molecule has 1 N–H and O–H groups in total. The SMILES string of the molecule is C[C@H](NC(=O)CN1CCN(c2cccc(Cl)c2)CC1)c1ccc2c(c1)OCCO2. The van der Waals surface area contributed by atoms with Crippen LogP contribution in [0.3, 0.4) is 0 Å². The van der Waals surface area contributed by atoms with Crippen molar-refractivity contribution in [3.8, 4) is 11.5 Å². The number of amides is 1. The van der Waals surface area contributed by atoms with Crippen LogP contribution < -0.4 is 19.7 Å². The van der Waals surface area contributed by atoms with Crippen LogP contribution in [0.1, 0.15) is 18.5 Å². The minimum absolute atomic E-state index is 0.0311. The summed E-state index contributed by atoms with van der Waals surface area (Å²) < 4.78 is 11.2. The zero-order valence-corrected chi connectivity index (χ0v) is 17.3. The second kappa shape index (κ2) is 8.93. The third kappa shape index (κ3) is 4.95. The summed E-state index contributed by atoms with van der Waals surface area (Å²) in [5.41, 5.74) is 2.14. The van der Waals surface area contributed by atoms with Crippen LogP contribution >= 0.6 is 11.6 Å². The highest BCUT2D eigenvalue weighted by Gasteiger charge is 2.21. The molecule has 0 aliphatic carbocycles. The van der Waals surface area contributed by atoms with Gasteiger partial charge in [0.15, 0.2) is 11.5 Å². The van der Waals surface area contributed by atoms with Crippen molar-refractivity contribution < 1.29 is 14.3 Å². The fourth-order valence-electron chi connectivity index (χ4n) is 3.74. The molecule has 1 amide bonds. The van der Waals surface area contributed by atoms with Crippen molar-refractivity contribution in [2.24, 2.45) is 0 Å². The van der Waals surface area contributed by atoms with E-state index in [1.807, 2.05) is 43.3 Å². The summed E-state index contributed by atoms with van der Waals surface area (Å²) in [4.78, 5) is 17.0. The first-order valence-corrected chi connectivity index (χ1v) is 10.4. The summed E-state index contributed by atoms with van der Waals surface area (Å²) in [5, 5.41) is 3.84. The summed E-state index contributed by atoms with van der Waals surface area (Å²) in [5.74, 6) is 1.53. The molecular weight excluding hydrogens is 390 g/mol. The van der Waals surface area contributed by atoms with Crippen LogP contribution in [0.4, 0.5) is 5.69 Å². The average Bonchev–Trinajstić information content (AvgIpc) is 2.74. The van der Waals surface area contributed by atoms with Gasteiger partial charge in [-0.05, 0) is 42.8 Å². The van der Waals surface area contributed by atoms with Crippen molar-refractivity contribution >= 4 is 23.2 Å². The van der Waals surface area contributed by atoms with Crippen molar-refractivity contribution in [1.29, 1.82) is 0 Å². The van der Waals surface area contributed by atoms with Crippen LogP contribution in [0, 0.1) is 0 Å². The van der Waals surface area contributed by atoms with Gasteiger partial charge in [0.2, 0.25) is 5.91 Å². The Labute approximate surface area is 176 Å². The third-order valence-corrected chi connectivity index (χ3v) is 5.59. The zero-order valence-electron chi connectivity index (χ0n) is 16.6. The number of halogens is 1. The Morgan fingerprint density at radius 1 is 1.07 bits per heavy atom. The normalized spacial score (nSPS) is 17.7. The predicted octanol–water partition coefficient (Wildman–Crippen LogP) is 3.11. The Kier molecular flexibility index (Phi) is 6.11. The van der Waals surface area contributed by atoms with E-state index in [0.717, 1.165) is 54.0 Å². The number of hydrogen-bond donors (Lipinski definition) is 1. The maximum atomic E-state index is 12.5. The number of carbonyl (C=O) groups excluding carboxylic acids is 1. The highest BCUT2D eigenvalue weighted by Crippen LogP contribution is 2.32.